The molecule has 3 saturated carbocycles. The molecule has 3 aliphatic rings. The van der Waals surface area contributed by atoms with Crippen LogP contribution >= 0.6 is 23.2 Å². The summed E-state index contributed by atoms with van der Waals surface area (Å²) >= 11 is 11.9. The fraction of sp³-hybridized carbons (Fsp3) is 0.450. The Balaban J connectivity index is 0.000000143. The van der Waals surface area contributed by atoms with Gasteiger partial charge in [0, 0.05) is 17.8 Å². The molecule has 2 aromatic heterocycles. The van der Waals surface area contributed by atoms with Crippen molar-refractivity contribution in [2.75, 3.05) is 0 Å². The lowest BCUT2D eigenvalue weighted by molar-refractivity contribution is 0.0963. The molecule has 0 amide bonds. The van der Waals surface area contributed by atoms with Gasteiger partial charge in [-0.25, -0.2) is 8.78 Å². The van der Waals surface area contributed by atoms with E-state index in [1.165, 1.54) is 12.3 Å². The Morgan fingerprint density at radius 3 is 2.07 bits per heavy atom. The summed E-state index contributed by atoms with van der Waals surface area (Å²) < 4.78 is 26.1. The average Bonchev–Trinajstić information content (AvgIpc) is 3.47. The van der Waals surface area contributed by atoms with Crippen LogP contribution in [0.25, 0.3) is 0 Å². The van der Waals surface area contributed by atoms with Gasteiger partial charge in [-0.2, -0.15) is 0 Å². The first kappa shape index (κ1) is 18.8. The van der Waals surface area contributed by atoms with Gasteiger partial charge in [0.1, 0.15) is 5.82 Å². The highest BCUT2D eigenvalue weighted by atomic mass is 35.5. The maximum Gasteiger partial charge on any atom is 0.170 e. The lowest BCUT2D eigenvalue weighted by Crippen LogP contribution is -2.08. The summed E-state index contributed by atoms with van der Waals surface area (Å²) in [4.78, 5) is 19.8. The van der Waals surface area contributed by atoms with Gasteiger partial charge in [-0.1, -0.05) is 23.2 Å². The first-order valence-electron chi connectivity index (χ1n) is 9.14. The minimum Gasteiger partial charge on any atom is -0.294 e. The van der Waals surface area contributed by atoms with Crippen molar-refractivity contribution < 1.29 is 13.6 Å². The zero-order chi connectivity index (χ0) is 19.1. The number of rotatable bonds is 4. The molecule has 0 saturated heterocycles. The van der Waals surface area contributed by atoms with Crippen LogP contribution in [0.1, 0.15) is 72.1 Å². The minimum absolute atomic E-state index is 0.0125. The molecule has 27 heavy (non-hydrogen) atoms. The third-order valence-corrected chi connectivity index (χ3v) is 5.64. The molecule has 7 heteroatoms. The number of Topliss-reactive ketones (excluding diaryl/α,β-unsaturated/α-hetero) is 1. The second-order valence-corrected chi connectivity index (χ2v) is 8.17. The van der Waals surface area contributed by atoms with Gasteiger partial charge >= 0.3 is 0 Å². The predicted octanol–water partition coefficient (Wildman–Crippen LogP) is 6.10. The van der Waals surface area contributed by atoms with Crippen LogP contribution in [-0.4, -0.2) is 15.8 Å². The molecule has 0 unspecified atom stereocenters. The number of aromatic nitrogens is 2. The summed E-state index contributed by atoms with van der Waals surface area (Å²) in [5.41, 5.74) is 1.63. The molecule has 0 aliphatic heterocycles. The van der Waals surface area contributed by atoms with E-state index in [2.05, 4.69) is 9.97 Å². The number of pyridine rings is 2. The van der Waals surface area contributed by atoms with E-state index in [9.17, 15) is 13.6 Å². The van der Waals surface area contributed by atoms with E-state index in [1.807, 2.05) is 0 Å². The SMILES string of the molecule is Fc1cnc(C2CC2)c(Cl)c1.O=C(c1c(F)cnc(C2CC2)c1Cl)C1CC1. The van der Waals surface area contributed by atoms with Crippen LogP contribution in [0, 0.1) is 17.6 Å². The summed E-state index contributed by atoms with van der Waals surface area (Å²) in [5, 5.41) is 0.715. The van der Waals surface area contributed by atoms with E-state index in [1.54, 1.807) is 0 Å². The van der Waals surface area contributed by atoms with E-state index in [-0.39, 0.29) is 28.1 Å². The Morgan fingerprint density at radius 2 is 1.52 bits per heavy atom. The van der Waals surface area contributed by atoms with Gasteiger partial charge < -0.3 is 0 Å². The van der Waals surface area contributed by atoms with Crippen molar-refractivity contribution >= 4 is 29.0 Å². The van der Waals surface area contributed by atoms with E-state index in [4.69, 9.17) is 23.2 Å². The quantitative estimate of drug-likeness (QED) is 0.572. The van der Waals surface area contributed by atoms with Crippen molar-refractivity contribution in [2.45, 2.75) is 50.4 Å². The molecule has 0 bridgehead atoms. The summed E-state index contributed by atoms with van der Waals surface area (Å²) in [6.07, 6.45) is 8.42. The Hall–Kier alpha value is -1.59. The van der Waals surface area contributed by atoms with Crippen molar-refractivity contribution in [1.82, 2.24) is 9.97 Å². The van der Waals surface area contributed by atoms with Gasteiger partial charge in [0.2, 0.25) is 0 Å². The van der Waals surface area contributed by atoms with Gasteiger partial charge in [0.15, 0.2) is 11.6 Å². The molecular weight excluding hydrogens is 393 g/mol. The van der Waals surface area contributed by atoms with Crippen LogP contribution in [0.2, 0.25) is 10.0 Å². The maximum atomic E-state index is 13.6. The summed E-state index contributed by atoms with van der Waals surface area (Å²) in [6.45, 7) is 0. The van der Waals surface area contributed by atoms with Gasteiger partial charge in [-0.3, -0.25) is 14.8 Å². The van der Waals surface area contributed by atoms with Crippen molar-refractivity contribution in [2.24, 2.45) is 5.92 Å². The second-order valence-electron chi connectivity index (χ2n) is 7.39. The normalized spacial score (nSPS) is 18.7. The first-order chi connectivity index (χ1) is 13.0. The minimum atomic E-state index is -0.577. The molecule has 3 nitrogen and oxygen atoms in total. The third-order valence-electron chi connectivity index (χ3n) is 4.96. The van der Waals surface area contributed by atoms with Gasteiger partial charge in [0.05, 0.1) is 39.4 Å². The largest absolute Gasteiger partial charge is 0.294 e. The van der Waals surface area contributed by atoms with Crippen molar-refractivity contribution in [1.29, 1.82) is 0 Å². The topological polar surface area (TPSA) is 42.9 Å². The smallest absolute Gasteiger partial charge is 0.170 e. The van der Waals surface area contributed by atoms with Gasteiger partial charge in [0.25, 0.3) is 0 Å². The van der Waals surface area contributed by atoms with Crippen LogP contribution in [-0.2, 0) is 0 Å². The highest BCUT2D eigenvalue weighted by molar-refractivity contribution is 6.34. The predicted molar refractivity (Wildman–Crippen MR) is 99.4 cm³/mol. The van der Waals surface area contributed by atoms with Crippen LogP contribution in [0.5, 0.6) is 0 Å². The van der Waals surface area contributed by atoms with E-state index < -0.39 is 5.82 Å². The molecular formula is C20H18Cl2F2N2O. The van der Waals surface area contributed by atoms with Crippen LogP contribution in [0.4, 0.5) is 8.78 Å². The highest BCUT2D eigenvalue weighted by Gasteiger charge is 2.36. The van der Waals surface area contributed by atoms with E-state index in [0.29, 0.717) is 22.6 Å². The highest BCUT2D eigenvalue weighted by Crippen LogP contribution is 2.44. The molecule has 3 fully saturated rings. The summed E-state index contributed by atoms with van der Waals surface area (Å²) in [5.74, 6) is -0.277. The summed E-state index contributed by atoms with van der Waals surface area (Å²) in [7, 11) is 0. The van der Waals surface area contributed by atoms with Crippen molar-refractivity contribution in [3.63, 3.8) is 0 Å². The van der Waals surface area contributed by atoms with Gasteiger partial charge in [-0.15, -0.1) is 0 Å². The Bertz CT molecular complexity index is 894. The molecule has 0 N–H and O–H groups in total. The monoisotopic (exact) mass is 410 g/mol. The first-order valence-corrected chi connectivity index (χ1v) is 9.90. The molecule has 2 heterocycles. The lowest BCUT2D eigenvalue weighted by atomic mass is 10.1. The van der Waals surface area contributed by atoms with Crippen LogP contribution < -0.4 is 0 Å². The number of halogens is 4. The number of hydrogen-bond acceptors (Lipinski definition) is 3. The maximum absolute atomic E-state index is 13.6. The number of carbonyl (C=O) groups is 1. The molecule has 2 aromatic rings. The third kappa shape index (κ3) is 4.30. The fourth-order valence-electron chi connectivity index (χ4n) is 2.98. The standard InChI is InChI=1S/C12H11ClFNO.C8H7ClFN/c13-10-9(12(16)7-3-4-7)8(14)5-15-11(10)6-1-2-6;9-7-3-6(10)4-11-8(7)5-1-2-5/h5-7H,1-4H2;3-5H,1-2H2. The van der Waals surface area contributed by atoms with Crippen LogP contribution in [0.3, 0.4) is 0 Å². The zero-order valence-electron chi connectivity index (χ0n) is 14.5. The zero-order valence-corrected chi connectivity index (χ0v) is 16.0. The lowest BCUT2D eigenvalue weighted by Gasteiger charge is -2.07. The number of nitrogens with zero attached hydrogens (tertiary/aromatic N) is 2. The molecule has 0 aromatic carbocycles. The van der Waals surface area contributed by atoms with E-state index >= 15 is 0 Å². The molecule has 0 atom stereocenters. The number of carbonyl (C=O) groups excluding carboxylic acids is 1. The average molecular weight is 411 g/mol. The number of hydrogen-bond donors (Lipinski definition) is 0. The number of ketones is 1. The molecule has 0 spiro atoms. The fourth-order valence-corrected chi connectivity index (χ4v) is 3.67. The van der Waals surface area contributed by atoms with E-state index in [0.717, 1.165) is 50.4 Å². The van der Waals surface area contributed by atoms with Gasteiger partial charge in [-0.05, 0) is 44.6 Å². The Kier molecular flexibility index (Phi) is 5.17. The van der Waals surface area contributed by atoms with Crippen molar-refractivity contribution in [3.05, 3.63) is 57.1 Å². The molecule has 5 rings (SSSR count). The molecule has 142 valence electrons. The molecule has 3 aliphatic carbocycles. The van der Waals surface area contributed by atoms with Crippen molar-refractivity contribution in [3.8, 4) is 0 Å². The summed E-state index contributed by atoms with van der Waals surface area (Å²) in [6, 6.07) is 1.32. The van der Waals surface area contributed by atoms with Crippen LogP contribution in [0.15, 0.2) is 18.5 Å². The Labute approximate surface area is 166 Å². The second kappa shape index (κ2) is 7.44. The Morgan fingerprint density at radius 1 is 0.926 bits per heavy atom. The molecule has 0 radical (unpaired) electrons.